The predicted octanol–water partition coefficient (Wildman–Crippen LogP) is 4.77. The minimum absolute atomic E-state index is 0.634. The maximum Gasteiger partial charge on any atom is 0.0136 e. The zero-order valence-corrected chi connectivity index (χ0v) is 13.9. The molecule has 0 aliphatic heterocycles. The van der Waals surface area contributed by atoms with Crippen molar-refractivity contribution in [3.05, 3.63) is 35.4 Å². The lowest BCUT2D eigenvalue weighted by Gasteiger charge is -2.26. The van der Waals surface area contributed by atoms with E-state index in [4.69, 9.17) is 0 Å². The Labute approximate surface area is 130 Å². The van der Waals surface area contributed by atoms with Crippen LogP contribution in [-0.4, -0.2) is 12.6 Å². The predicted molar refractivity (Wildman–Crippen MR) is 90.6 cm³/mol. The van der Waals surface area contributed by atoms with E-state index in [2.05, 4.69) is 50.4 Å². The van der Waals surface area contributed by atoms with Gasteiger partial charge < -0.3 is 5.32 Å². The molecule has 1 nitrogen and oxygen atoms in total. The third-order valence-corrected chi connectivity index (χ3v) is 5.61. The smallest absolute Gasteiger partial charge is 0.0136 e. The minimum atomic E-state index is 0.634. The van der Waals surface area contributed by atoms with Gasteiger partial charge in [-0.2, -0.15) is 0 Å². The number of fused-ring (bicyclic) bond motifs is 1. The second kappa shape index (κ2) is 6.52. The van der Waals surface area contributed by atoms with Gasteiger partial charge in [-0.15, -0.1) is 0 Å². The summed E-state index contributed by atoms with van der Waals surface area (Å²) in [5.41, 5.74) is 2.97. The molecule has 1 aromatic carbocycles. The van der Waals surface area contributed by atoms with Crippen LogP contribution < -0.4 is 5.32 Å². The van der Waals surface area contributed by atoms with Crippen LogP contribution in [0.3, 0.4) is 0 Å². The van der Waals surface area contributed by atoms with Crippen LogP contribution in [0.1, 0.15) is 63.5 Å². The summed E-state index contributed by atoms with van der Waals surface area (Å²) in [6, 6.07) is 10.0. The van der Waals surface area contributed by atoms with Crippen LogP contribution >= 0.6 is 0 Å². The molecule has 2 aliphatic rings. The Morgan fingerprint density at radius 1 is 1.05 bits per heavy atom. The van der Waals surface area contributed by atoms with E-state index in [9.17, 15) is 0 Å². The van der Waals surface area contributed by atoms with Crippen LogP contribution in [0, 0.1) is 17.8 Å². The molecule has 3 rings (SSSR count). The zero-order chi connectivity index (χ0) is 14.8. The highest BCUT2D eigenvalue weighted by Crippen LogP contribution is 2.55. The Morgan fingerprint density at radius 3 is 2.29 bits per heavy atom. The molecule has 0 aromatic heterocycles. The van der Waals surface area contributed by atoms with E-state index >= 15 is 0 Å². The molecule has 0 spiro atoms. The molecule has 2 fully saturated rings. The van der Waals surface area contributed by atoms with Gasteiger partial charge in [0.05, 0.1) is 0 Å². The van der Waals surface area contributed by atoms with E-state index in [-0.39, 0.29) is 0 Å². The van der Waals surface area contributed by atoms with Crippen LogP contribution in [-0.2, 0) is 6.42 Å². The monoisotopic (exact) mass is 285 g/mol. The summed E-state index contributed by atoms with van der Waals surface area (Å²) in [5, 5.41) is 3.84. The highest BCUT2D eigenvalue weighted by Gasteiger charge is 2.47. The zero-order valence-electron chi connectivity index (χ0n) is 13.9. The standard InChI is InChI=1S/C20H31N/c1-4-9-21-20(19-12-17-11-18(17)13-19)10-15-5-7-16(8-6-15)14(2)3/h5-8,14,17-21H,4,9-13H2,1-3H3. The first-order valence-electron chi connectivity index (χ1n) is 8.99. The number of rotatable bonds is 7. The van der Waals surface area contributed by atoms with Crippen LogP contribution in [0.2, 0.25) is 0 Å². The first-order valence-corrected chi connectivity index (χ1v) is 8.99. The molecule has 0 bridgehead atoms. The van der Waals surface area contributed by atoms with Gasteiger partial charge in [-0.05, 0) is 73.4 Å². The van der Waals surface area contributed by atoms with Crippen molar-refractivity contribution in [1.82, 2.24) is 5.32 Å². The Balaban J connectivity index is 1.62. The normalized spacial score (nSPS) is 28.7. The van der Waals surface area contributed by atoms with Crippen molar-refractivity contribution in [3.8, 4) is 0 Å². The van der Waals surface area contributed by atoms with Crippen molar-refractivity contribution in [3.63, 3.8) is 0 Å². The molecular weight excluding hydrogens is 254 g/mol. The summed E-state index contributed by atoms with van der Waals surface area (Å²) in [7, 11) is 0. The lowest BCUT2D eigenvalue weighted by molar-refractivity contribution is 0.332. The fourth-order valence-corrected chi connectivity index (χ4v) is 4.12. The second-order valence-electron chi connectivity index (χ2n) is 7.65. The topological polar surface area (TPSA) is 12.0 Å². The van der Waals surface area contributed by atoms with E-state index in [0.29, 0.717) is 12.0 Å². The fraction of sp³-hybridized carbons (Fsp3) is 0.700. The van der Waals surface area contributed by atoms with Crippen LogP contribution in [0.4, 0.5) is 0 Å². The molecule has 0 saturated heterocycles. The molecule has 2 saturated carbocycles. The Kier molecular flexibility index (Phi) is 4.69. The molecule has 1 aromatic rings. The molecule has 2 aliphatic carbocycles. The molecule has 0 radical (unpaired) electrons. The Hall–Kier alpha value is -0.820. The number of benzene rings is 1. The lowest BCUT2D eigenvalue weighted by Crippen LogP contribution is -2.38. The molecule has 21 heavy (non-hydrogen) atoms. The lowest BCUT2D eigenvalue weighted by atomic mass is 9.89. The third-order valence-electron chi connectivity index (χ3n) is 5.61. The summed E-state index contributed by atoms with van der Waals surface area (Å²) < 4.78 is 0. The summed E-state index contributed by atoms with van der Waals surface area (Å²) in [5.74, 6) is 3.73. The van der Waals surface area contributed by atoms with E-state index < -0.39 is 0 Å². The largest absolute Gasteiger partial charge is 0.313 e. The number of hydrogen-bond donors (Lipinski definition) is 1. The molecule has 0 heterocycles. The van der Waals surface area contributed by atoms with Crippen molar-refractivity contribution >= 4 is 0 Å². The summed E-state index contributed by atoms with van der Waals surface area (Å²) >= 11 is 0. The van der Waals surface area contributed by atoms with Crippen molar-refractivity contribution in [2.24, 2.45) is 17.8 Å². The van der Waals surface area contributed by atoms with Gasteiger partial charge in [0.25, 0.3) is 0 Å². The van der Waals surface area contributed by atoms with Crippen molar-refractivity contribution in [2.75, 3.05) is 6.54 Å². The summed E-state index contributed by atoms with van der Waals surface area (Å²) in [6.07, 6.45) is 6.94. The maximum atomic E-state index is 3.84. The van der Waals surface area contributed by atoms with Crippen LogP contribution in [0.15, 0.2) is 24.3 Å². The maximum absolute atomic E-state index is 3.84. The molecule has 3 atom stereocenters. The first kappa shape index (κ1) is 15.1. The van der Waals surface area contributed by atoms with Crippen LogP contribution in [0.25, 0.3) is 0 Å². The van der Waals surface area contributed by atoms with Gasteiger partial charge >= 0.3 is 0 Å². The highest BCUT2D eigenvalue weighted by atomic mass is 14.9. The fourth-order valence-electron chi connectivity index (χ4n) is 4.12. The van der Waals surface area contributed by atoms with Gasteiger partial charge in [0, 0.05) is 6.04 Å². The average Bonchev–Trinajstić information content (AvgIpc) is 3.10. The molecule has 1 heteroatoms. The van der Waals surface area contributed by atoms with Gasteiger partial charge in [-0.1, -0.05) is 45.0 Å². The van der Waals surface area contributed by atoms with E-state index in [1.54, 1.807) is 0 Å². The van der Waals surface area contributed by atoms with Gasteiger partial charge in [-0.25, -0.2) is 0 Å². The quantitative estimate of drug-likeness (QED) is 0.761. The SMILES string of the molecule is CCCNC(Cc1ccc(C(C)C)cc1)C1CC2CC2C1. The van der Waals surface area contributed by atoms with Gasteiger partial charge in [0.2, 0.25) is 0 Å². The molecule has 0 amide bonds. The van der Waals surface area contributed by atoms with E-state index in [1.165, 1.54) is 49.8 Å². The highest BCUT2D eigenvalue weighted by molar-refractivity contribution is 5.25. The Morgan fingerprint density at radius 2 is 1.71 bits per heavy atom. The molecule has 116 valence electrons. The van der Waals surface area contributed by atoms with Gasteiger partial charge in [0.15, 0.2) is 0 Å². The van der Waals surface area contributed by atoms with Crippen molar-refractivity contribution < 1.29 is 0 Å². The average molecular weight is 285 g/mol. The molecule has 3 unspecified atom stereocenters. The first-order chi connectivity index (χ1) is 10.2. The number of nitrogens with one attached hydrogen (secondary N) is 1. The molecule has 1 N–H and O–H groups in total. The Bertz CT molecular complexity index is 437. The number of hydrogen-bond acceptors (Lipinski definition) is 1. The van der Waals surface area contributed by atoms with E-state index in [1.807, 2.05) is 0 Å². The van der Waals surface area contributed by atoms with Gasteiger partial charge in [-0.3, -0.25) is 0 Å². The second-order valence-corrected chi connectivity index (χ2v) is 7.65. The molecular formula is C20H31N. The minimum Gasteiger partial charge on any atom is -0.313 e. The van der Waals surface area contributed by atoms with Crippen molar-refractivity contribution in [1.29, 1.82) is 0 Å². The third kappa shape index (κ3) is 3.69. The summed E-state index contributed by atoms with van der Waals surface area (Å²) in [4.78, 5) is 0. The van der Waals surface area contributed by atoms with Crippen molar-refractivity contribution in [2.45, 2.75) is 64.8 Å². The summed E-state index contributed by atoms with van der Waals surface area (Å²) in [6.45, 7) is 7.98. The van der Waals surface area contributed by atoms with Crippen LogP contribution in [0.5, 0.6) is 0 Å². The van der Waals surface area contributed by atoms with E-state index in [0.717, 1.165) is 17.8 Å². The van der Waals surface area contributed by atoms with Gasteiger partial charge in [0.1, 0.15) is 0 Å².